The first kappa shape index (κ1) is 23.2. The normalized spacial score (nSPS) is 15.6. The van der Waals surface area contributed by atoms with Gasteiger partial charge < -0.3 is 10.6 Å². The van der Waals surface area contributed by atoms with Crippen LogP contribution < -0.4 is 14.9 Å². The molecule has 4 rings (SSSR count). The summed E-state index contributed by atoms with van der Waals surface area (Å²) in [4.78, 5) is 0.172. The Morgan fingerprint density at radius 1 is 1.03 bits per heavy atom. The van der Waals surface area contributed by atoms with Crippen LogP contribution in [-0.4, -0.2) is 19.6 Å². The van der Waals surface area contributed by atoms with Crippen molar-refractivity contribution in [1.82, 2.24) is 0 Å². The van der Waals surface area contributed by atoms with Gasteiger partial charge in [0.25, 0.3) is 10.0 Å². The van der Waals surface area contributed by atoms with Gasteiger partial charge >= 0.3 is 0 Å². The molecule has 0 saturated heterocycles. The van der Waals surface area contributed by atoms with Crippen LogP contribution in [0.5, 0.6) is 0 Å². The monoisotopic (exact) mass is 483 g/mol. The summed E-state index contributed by atoms with van der Waals surface area (Å²) in [6, 6.07) is 18.5. The predicted octanol–water partition coefficient (Wildman–Crippen LogP) is 5.73. The van der Waals surface area contributed by atoms with Crippen molar-refractivity contribution in [3.05, 3.63) is 83.7 Å². The summed E-state index contributed by atoms with van der Waals surface area (Å²) in [7, 11) is -3.80. The number of nitrogens with zero attached hydrogens (tertiary/aromatic N) is 1. The average molecular weight is 484 g/mol. The summed E-state index contributed by atoms with van der Waals surface area (Å²) in [5.41, 5.74) is 4.03. The van der Waals surface area contributed by atoms with Gasteiger partial charge in [-0.2, -0.15) is 0 Å². The molecule has 2 N–H and O–H groups in total. The van der Waals surface area contributed by atoms with Gasteiger partial charge in [-0.3, -0.25) is 4.31 Å². The van der Waals surface area contributed by atoms with Gasteiger partial charge in [-0.05, 0) is 104 Å². The van der Waals surface area contributed by atoms with E-state index < -0.39 is 10.0 Å². The van der Waals surface area contributed by atoms with Crippen molar-refractivity contribution in [2.24, 2.45) is 0 Å². The molecule has 0 radical (unpaired) electrons. The summed E-state index contributed by atoms with van der Waals surface area (Å²) < 4.78 is 42.0. The predicted molar refractivity (Wildman–Crippen MR) is 136 cm³/mol. The quantitative estimate of drug-likeness (QED) is 0.454. The Morgan fingerprint density at radius 3 is 2.24 bits per heavy atom. The lowest BCUT2D eigenvalue weighted by molar-refractivity contribution is 0.560. The summed E-state index contributed by atoms with van der Waals surface area (Å²) in [5.74, 6) is -0.359. The van der Waals surface area contributed by atoms with E-state index >= 15 is 0 Å². The Kier molecular flexibility index (Phi) is 6.67. The molecule has 0 aliphatic carbocycles. The van der Waals surface area contributed by atoms with Crippen LogP contribution in [0, 0.1) is 5.82 Å². The van der Waals surface area contributed by atoms with Gasteiger partial charge in [0, 0.05) is 17.4 Å². The molecule has 1 aliphatic rings. The highest BCUT2D eigenvalue weighted by molar-refractivity contribution is 7.92. The van der Waals surface area contributed by atoms with Crippen LogP contribution in [0.2, 0.25) is 0 Å². The third kappa shape index (κ3) is 5.02. The summed E-state index contributed by atoms with van der Waals surface area (Å²) in [5, 5.41) is 6.61. The van der Waals surface area contributed by atoms with E-state index in [0.717, 1.165) is 12.1 Å². The number of halogens is 1. The first-order valence-corrected chi connectivity index (χ1v) is 12.7. The highest BCUT2D eigenvalue weighted by Gasteiger charge is 2.33. The van der Waals surface area contributed by atoms with E-state index in [9.17, 15) is 12.8 Å². The number of nitrogens with one attached hydrogen (secondary N) is 2. The Hall–Kier alpha value is -2.97. The van der Waals surface area contributed by atoms with Gasteiger partial charge in [-0.15, -0.1) is 0 Å². The van der Waals surface area contributed by atoms with Crippen molar-refractivity contribution in [3.63, 3.8) is 0 Å². The fourth-order valence-corrected chi connectivity index (χ4v) is 5.95. The highest BCUT2D eigenvalue weighted by atomic mass is 32.2. The number of rotatable bonds is 5. The van der Waals surface area contributed by atoms with Crippen LogP contribution in [0.15, 0.2) is 71.6 Å². The molecular weight excluding hydrogens is 457 g/mol. The Morgan fingerprint density at radius 2 is 1.64 bits per heavy atom. The number of anilines is 3. The van der Waals surface area contributed by atoms with E-state index in [0.29, 0.717) is 34.9 Å². The minimum absolute atomic E-state index is 0.172. The van der Waals surface area contributed by atoms with Crippen molar-refractivity contribution < 1.29 is 12.8 Å². The summed E-state index contributed by atoms with van der Waals surface area (Å²) in [6.45, 7) is 3.97. The number of sulfonamides is 1. The number of fused-ring (bicyclic) bond motifs is 1. The van der Waals surface area contributed by atoms with E-state index in [2.05, 4.69) is 17.6 Å². The zero-order chi connectivity index (χ0) is 23.6. The lowest BCUT2D eigenvalue weighted by Crippen LogP contribution is -2.42. The lowest BCUT2D eigenvalue weighted by Gasteiger charge is -2.36. The largest absolute Gasteiger partial charge is 0.332 e. The second kappa shape index (κ2) is 9.49. The van der Waals surface area contributed by atoms with E-state index in [1.807, 2.05) is 31.2 Å². The molecule has 3 aromatic rings. The molecule has 0 fully saturated rings. The van der Waals surface area contributed by atoms with Crippen LogP contribution in [0.25, 0.3) is 0 Å². The van der Waals surface area contributed by atoms with Gasteiger partial charge in [0.2, 0.25) is 0 Å². The van der Waals surface area contributed by atoms with Crippen LogP contribution in [-0.2, 0) is 22.9 Å². The Labute approximate surface area is 199 Å². The maximum atomic E-state index is 13.7. The van der Waals surface area contributed by atoms with Crippen molar-refractivity contribution in [1.29, 1.82) is 0 Å². The lowest BCUT2D eigenvalue weighted by atomic mass is 9.99. The zero-order valence-corrected chi connectivity index (χ0v) is 20.1. The minimum atomic E-state index is -3.80. The molecule has 8 heteroatoms. The summed E-state index contributed by atoms with van der Waals surface area (Å²) >= 11 is 5.38. The molecule has 0 aromatic heterocycles. The molecule has 0 saturated carbocycles. The molecule has 5 nitrogen and oxygen atoms in total. The third-order valence-electron chi connectivity index (χ3n) is 5.80. The van der Waals surface area contributed by atoms with Gasteiger partial charge in [-0.25, -0.2) is 12.8 Å². The minimum Gasteiger partial charge on any atom is -0.332 e. The molecule has 0 unspecified atom stereocenters. The smallest absolute Gasteiger partial charge is 0.264 e. The number of benzene rings is 3. The molecule has 172 valence electrons. The molecule has 1 heterocycles. The first-order valence-electron chi connectivity index (χ1n) is 10.9. The van der Waals surface area contributed by atoms with Crippen molar-refractivity contribution >= 4 is 44.4 Å². The molecule has 33 heavy (non-hydrogen) atoms. The van der Waals surface area contributed by atoms with Crippen molar-refractivity contribution in [3.8, 4) is 0 Å². The fraction of sp³-hybridized carbons (Fsp3) is 0.240. The maximum absolute atomic E-state index is 13.7. The molecule has 1 aliphatic heterocycles. The van der Waals surface area contributed by atoms with Gasteiger partial charge in [-0.1, -0.05) is 19.1 Å². The third-order valence-corrected chi connectivity index (χ3v) is 7.95. The molecule has 0 amide bonds. The molecular formula is C25H26FN3O2S2. The number of thiocarbonyl (C=S) groups is 1. The Balaban J connectivity index is 1.50. The topological polar surface area (TPSA) is 61.4 Å². The maximum Gasteiger partial charge on any atom is 0.264 e. The highest BCUT2D eigenvalue weighted by Crippen LogP contribution is 2.36. The van der Waals surface area contributed by atoms with Gasteiger partial charge in [0.15, 0.2) is 5.11 Å². The number of hydrogen-bond acceptors (Lipinski definition) is 3. The fourth-order valence-electron chi connectivity index (χ4n) is 4.00. The molecule has 1 atom stereocenters. The molecule has 0 spiro atoms. The second-order valence-electron chi connectivity index (χ2n) is 8.12. The molecule has 0 bridgehead atoms. The molecule has 3 aromatic carbocycles. The number of hydrogen-bond donors (Lipinski definition) is 2. The van der Waals surface area contributed by atoms with E-state index in [4.69, 9.17) is 12.2 Å². The van der Waals surface area contributed by atoms with Crippen LogP contribution >= 0.6 is 12.2 Å². The second-order valence-corrected chi connectivity index (χ2v) is 10.3. The van der Waals surface area contributed by atoms with Crippen LogP contribution in [0.1, 0.15) is 31.4 Å². The van der Waals surface area contributed by atoms with Gasteiger partial charge in [0.05, 0.1) is 10.6 Å². The average Bonchev–Trinajstić information content (AvgIpc) is 2.79. The van der Waals surface area contributed by atoms with Crippen LogP contribution in [0.4, 0.5) is 21.5 Å². The standard InChI is InChI=1S/C25H26FN3O2S2/c1-3-18-5-9-21(10-6-18)27-25(32)28-22-11-13-23(14-12-22)33(30,31)29-17(2)4-7-19-16-20(26)8-15-24(19)29/h5-6,8-17H,3-4,7H2,1-2H3,(H2,27,28,32)/t17-/m0/s1. The van der Waals surface area contributed by atoms with E-state index in [-0.39, 0.29) is 16.8 Å². The van der Waals surface area contributed by atoms with Crippen LogP contribution in [0.3, 0.4) is 0 Å². The van der Waals surface area contributed by atoms with E-state index in [1.54, 1.807) is 30.3 Å². The van der Waals surface area contributed by atoms with E-state index in [1.165, 1.54) is 22.0 Å². The summed E-state index contributed by atoms with van der Waals surface area (Å²) in [6.07, 6.45) is 2.25. The first-order chi connectivity index (χ1) is 15.8. The van der Waals surface area contributed by atoms with Crippen molar-refractivity contribution in [2.75, 3.05) is 14.9 Å². The van der Waals surface area contributed by atoms with Gasteiger partial charge in [0.1, 0.15) is 5.82 Å². The Bertz CT molecular complexity index is 1260. The number of aryl methyl sites for hydroxylation is 2. The zero-order valence-electron chi connectivity index (χ0n) is 18.5. The van der Waals surface area contributed by atoms with Crippen molar-refractivity contribution in [2.45, 2.75) is 44.0 Å². The SMILES string of the molecule is CCc1ccc(NC(=S)Nc2ccc(S(=O)(=O)N3c4ccc(F)cc4CC[C@@H]3C)cc2)cc1.